The molecule has 1 aliphatic rings. The molecule has 0 saturated carbocycles. The first-order chi connectivity index (χ1) is 11.1. The molecule has 1 saturated heterocycles. The third-order valence-electron chi connectivity index (χ3n) is 4.29. The van der Waals surface area contributed by atoms with Crippen molar-refractivity contribution in [3.8, 4) is 0 Å². The van der Waals surface area contributed by atoms with E-state index in [1.165, 1.54) is 5.56 Å². The number of aromatic nitrogens is 1. The molecule has 1 N–H and O–H groups in total. The van der Waals surface area contributed by atoms with E-state index in [0.717, 1.165) is 26.1 Å². The number of carboxylic acid groups (broad SMARTS) is 1. The zero-order chi connectivity index (χ0) is 16.2. The van der Waals surface area contributed by atoms with Crippen molar-refractivity contribution in [2.24, 2.45) is 0 Å². The number of hydrogen-bond acceptors (Lipinski definition) is 4. The predicted molar refractivity (Wildman–Crippen MR) is 90.0 cm³/mol. The lowest BCUT2D eigenvalue weighted by molar-refractivity contribution is 0.0697. The fraction of sp³-hybridized carbons (Fsp3) is 0.333. The smallest absolute Gasteiger partial charge is 0.339 e. The maximum Gasteiger partial charge on any atom is 0.339 e. The first-order valence-electron chi connectivity index (χ1n) is 7.82. The summed E-state index contributed by atoms with van der Waals surface area (Å²) in [5.74, 6) is -0.348. The maximum absolute atomic E-state index is 11.5. The van der Waals surface area contributed by atoms with Crippen LogP contribution in [-0.4, -0.2) is 53.7 Å². The van der Waals surface area contributed by atoms with Gasteiger partial charge in [-0.2, -0.15) is 0 Å². The van der Waals surface area contributed by atoms with Crippen molar-refractivity contribution in [2.75, 3.05) is 31.6 Å². The van der Waals surface area contributed by atoms with E-state index in [2.05, 4.69) is 34.0 Å². The van der Waals surface area contributed by atoms with Crippen LogP contribution in [0.5, 0.6) is 0 Å². The van der Waals surface area contributed by atoms with Gasteiger partial charge in [0.2, 0.25) is 0 Å². The van der Waals surface area contributed by atoms with Crippen LogP contribution in [-0.2, 0) is 6.42 Å². The van der Waals surface area contributed by atoms with E-state index in [-0.39, 0.29) is 11.6 Å². The van der Waals surface area contributed by atoms with Crippen LogP contribution < -0.4 is 4.90 Å². The van der Waals surface area contributed by atoms with E-state index in [9.17, 15) is 9.90 Å². The molecule has 0 bridgehead atoms. The van der Waals surface area contributed by atoms with Gasteiger partial charge in [-0.3, -0.25) is 0 Å². The molecular weight excluding hydrogens is 290 g/mol. The monoisotopic (exact) mass is 311 g/mol. The van der Waals surface area contributed by atoms with Crippen molar-refractivity contribution < 1.29 is 9.90 Å². The lowest BCUT2D eigenvalue weighted by atomic mass is 10.0. The molecule has 3 rings (SSSR count). The number of piperazine rings is 1. The lowest BCUT2D eigenvalue weighted by Crippen LogP contribution is -2.53. The van der Waals surface area contributed by atoms with Crippen LogP contribution in [0.2, 0.25) is 0 Å². The third-order valence-corrected chi connectivity index (χ3v) is 4.29. The largest absolute Gasteiger partial charge is 0.478 e. The Labute approximate surface area is 136 Å². The molecule has 0 spiro atoms. The second-order valence-electron chi connectivity index (χ2n) is 5.98. The van der Waals surface area contributed by atoms with Crippen LogP contribution in [0.4, 0.5) is 5.82 Å². The lowest BCUT2D eigenvalue weighted by Gasteiger charge is -2.41. The topological polar surface area (TPSA) is 56.7 Å². The van der Waals surface area contributed by atoms with E-state index in [1.807, 2.05) is 18.2 Å². The molecule has 1 fully saturated rings. The van der Waals surface area contributed by atoms with E-state index in [4.69, 9.17) is 0 Å². The molecule has 1 aromatic carbocycles. The van der Waals surface area contributed by atoms with Gasteiger partial charge in [-0.25, -0.2) is 9.78 Å². The summed E-state index contributed by atoms with van der Waals surface area (Å²) >= 11 is 0. The Morgan fingerprint density at radius 1 is 1.22 bits per heavy atom. The molecule has 2 heterocycles. The Balaban J connectivity index is 1.91. The zero-order valence-corrected chi connectivity index (χ0v) is 13.2. The Bertz CT molecular complexity index is 675. The van der Waals surface area contributed by atoms with Gasteiger partial charge in [-0.1, -0.05) is 30.3 Å². The predicted octanol–water partition coefficient (Wildman–Crippen LogP) is 2.14. The number of rotatable bonds is 4. The number of hydrogen-bond donors (Lipinski definition) is 1. The number of aromatic carboxylic acids is 1. The average molecular weight is 311 g/mol. The van der Waals surface area contributed by atoms with E-state index in [0.29, 0.717) is 5.82 Å². The SMILES string of the molecule is CN1CCN(c2ncccc2C(=O)O)C(Cc2ccccc2)C1. The van der Waals surface area contributed by atoms with Crippen LogP contribution in [0, 0.1) is 0 Å². The molecule has 1 aromatic heterocycles. The molecule has 1 atom stereocenters. The number of carbonyl (C=O) groups is 1. The highest BCUT2D eigenvalue weighted by Crippen LogP contribution is 2.24. The first-order valence-corrected chi connectivity index (χ1v) is 7.82. The van der Waals surface area contributed by atoms with Crippen LogP contribution in [0.15, 0.2) is 48.7 Å². The molecule has 1 unspecified atom stereocenters. The normalized spacial score (nSPS) is 18.8. The molecule has 5 heteroatoms. The summed E-state index contributed by atoms with van der Waals surface area (Å²) in [5.41, 5.74) is 1.53. The van der Waals surface area contributed by atoms with Gasteiger partial charge in [-0.15, -0.1) is 0 Å². The molecule has 0 radical (unpaired) electrons. The van der Waals surface area contributed by atoms with Crippen molar-refractivity contribution >= 4 is 11.8 Å². The molecule has 120 valence electrons. The van der Waals surface area contributed by atoms with E-state index < -0.39 is 5.97 Å². The first kappa shape index (κ1) is 15.5. The highest BCUT2D eigenvalue weighted by molar-refractivity contribution is 5.93. The van der Waals surface area contributed by atoms with Gasteiger partial charge in [-0.05, 0) is 31.2 Å². The second kappa shape index (κ2) is 6.79. The van der Waals surface area contributed by atoms with Crippen molar-refractivity contribution in [3.63, 3.8) is 0 Å². The molecule has 5 nitrogen and oxygen atoms in total. The van der Waals surface area contributed by atoms with Gasteiger partial charge in [0.1, 0.15) is 11.4 Å². The molecule has 2 aromatic rings. The minimum Gasteiger partial charge on any atom is -0.478 e. The Morgan fingerprint density at radius 2 is 2.00 bits per heavy atom. The number of likely N-dealkylation sites (N-methyl/N-ethyl adjacent to an activating group) is 1. The maximum atomic E-state index is 11.5. The second-order valence-corrected chi connectivity index (χ2v) is 5.98. The molecular formula is C18H21N3O2. The summed E-state index contributed by atoms with van der Waals surface area (Å²) in [4.78, 5) is 20.3. The van der Waals surface area contributed by atoms with Gasteiger partial charge in [0.15, 0.2) is 0 Å². The molecule has 1 aliphatic heterocycles. The fourth-order valence-electron chi connectivity index (χ4n) is 3.14. The highest BCUT2D eigenvalue weighted by atomic mass is 16.4. The highest BCUT2D eigenvalue weighted by Gasteiger charge is 2.29. The van der Waals surface area contributed by atoms with Gasteiger partial charge in [0.25, 0.3) is 0 Å². The number of carboxylic acids is 1. The summed E-state index contributed by atoms with van der Waals surface area (Å²) in [6.07, 6.45) is 2.54. The molecule has 23 heavy (non-hydrogen) atoms. The zero-order valence-electron chi connectivity index (χ0n) is 13.2. The van der Waals surface area contributed by atoms with Crippen LogP contribution in [0.1, 0.15) is 15.9 Å². The van der Waals surface area contributed by atoms with Gasteiger partial charge < -0.3 is 14.9 Å². The van der Waals surface area contributed by atoms with Crippen LogP contribution >= 0.6 is 0 Å². The summed E-state index contributed by atoms with van der Waals surface area (Å²) < 4.78 is 0. The van der Waals surface area contributed by atoms with E-state index >= 15 is 0 Å². The Kier molecular flexibility index (Phi) is 4.57. The number of anilines is 1. The van der Waals surface area contributed by atoms with Gasteiger partial charge in [0.05, 0.1) is 0 Å². The third kappa shape index (κ3) is 3.51. The average Bonchev–Trinajstić information content (AvgIpc) is 2.56. The van der Waals surface area contributed by atoms with Crippen molar-refractivity contribution in [1.29, 1.82) is 0 Å². The number of benzene rings is 1. The van der Waals surface area contributed by atoms with Gasteiger partial charge in [0, 0.05) is 31.9 Å². The summed E-state index contributed by atoms with van der Waals surface area (Å²) in [7, 11) is 2.10. The summed E-state index contributed by atoms with van der Waals surface area (Å²) in [6, 6.07) is 13.8. The Morgan fingerprint density at radius 3 is 2.74 bits per heavy atom. The minimum atomic E-state index is -0.925. The standard InChI is InChI=1S/C18H21N3O2/c1-20-10-11-21(17-16(18(22)23)8-5-9-19-17)15(13-20)12-14-6-3-2-4-7-14/h2-9,15H,10-13H2,1H3,(H,22,23). The summed E-state index contributed by atoms with van der Waals surface area (Å²) in [5, 5.41) is 9.45. The number of nitrogens with zero attached hydrogens (tertiary/aromatic N) is 3. The minimum absolute atomic E-state index is 0.212. The van der Waals surface area contributed by atoms with Gasteiger partial charge >= 0.3 is 5.97 Å². The molecule has 0 aliphatic carbocycles. The fourth-order valence-corrected chi connectivity index (χ4v) is 3.14. The van der Waals surface area contributed by atoms with E-state index in [1.54, 1.807) is 18.3 Å². The van der Waals surface area contributed by atoms with Crippen molar-refractivity contribution in [2.45, 2.75) is 12.5 Å². The quantitative estimate of drug-likeness (QED) is 0.937. The summed E-state index contributed by atoms with van der Waals surface area (Å²) in [6.45, 7) is 2.58. The van der Waals surface area contributed by atoms with Crippen LogP contribution in [0.3, 0.4) is 0 Å². The Hall–Kier alpha value is -2.40. The molecule has 0 amide bonds. The van der Waals surface area contributed by atoms with Crippen LogP contribution in [0.25, 0.3) is 0 Å². The van der Waals surface area contributed by atoms with Crippen molar-refractivity contribution in [1.82, 2.24) is 9.88 Å². The van der Waals surface area contributed by atoms with Crippen molar-refractivity contribution in [3.05, 3.63) is 59.8 Å². The number of pyridine rings is 1.